The molecule has 2 aromatic carbocycles. The first-order valence-electron chi connectivity index (χ1n) is 10.8. The topological polar surface area (TPSA) is 93.5 Å². The Kier molecular flexibility index (Phi) is 6.38. The summed E-state index contributed by atoms with van der Waals surface area (Å²) in [5.74, 6) is 0.0921. The number of hydrogen-bond acceptors (Lipinski definition) is 5. The highest BCUT2D eigenvalue weighted by Crippen LogP contribution is 2.23. The van der Waals surface area contributed by atoms with E-state index in [1.165, 1.54) is 16.4 Å². The molecule has 1 fully saturated rings. The lowest BCUT2D eigenvalue weighted by Crippen LogP contribution is -2.48. The molecule has 1 aliphatic rings. The maximum atomic E-state index is 13.2. The highest BCUT2D eigenvalue weighted by atomic mass is 32.2. The first-order chi connectivity index (χ1) is 15.6. The molecule has 1 amide bonds. The van der Waals surface area contributed by atoms with Crippen molar-refractivity contribution in [1.29, 1.82) is 0 Å². The highest BCUT2D eigenvalue weighted by Gasteiger charge is 2.32. The van der Waals surface area contributed by atoms with Gasteiger partial charge in [-0.1, -0.05) is 23.8 Å². The second-order valence-electron chi connectivity index (χ2n) is 8.48. The van der Waals surface area contributed by atoms with Crippen LogP contribution in [0.5, 0.6) is 0 Å². The van der Waals surface area contributed by atoms with Gasteiger partial charge in [0.05, 0.1) is 28.5 Å². The number of amides is 1. The molecule has 8 nitrogen and oxygen atoms in total. The number of ether oxygens (including phenoxy) is 1. The van der Waals surface area contributed by atoms with Crippen LogP contribution in [0.4, 0.5) is 5.82 Å². The lowest BCUT2D eigenvalue weighted by atomic mass is 10.2. The van der Waals surface area contributed by atoms with Crippen LogP contribution in [0.1, 0.15) is 35.5 Å². The molecule has 174 valence electrons. The van der Waals surface area contributed by atoms with Crippen LogP contribution in [0.25, 0.3) is 5.69 Å². The standard InChI is InChI=1S/C24H28N4O4S/c1-16-8-10-21(11-9-16)28-23(12-17(2)26-28)25-24(29)20-6-5-7-22(13-20)33(30,31)27-14-18(3)32-19(4)15-27/h5-13,18-19H,14-15H2,1-4H3,(H,25,29). The number of morpholine rings is 1. The van der Waals surface area contributed by atoms with Crippen LogP contribution in [0.2, 0.25) is 0 Å². The van der Waals surface area contributed by atoms with Crippen molar-refractivity contribution in [2.45, 2.75) is 44.8 Å². The van der Waals surface area contributed by atoms with Gasteiger partial charge >= 0.3 is 0 Å². The predicted molar refractivity (Wildman–Crippen MR) is 126 cm³/mol. The lowest BCUT2D eigenvalue weighted by Gasteiger charge is -2.34. The summed E-state index contributed by atoms with van der Waals surface area (Å²) in [5.41, 5.74) is 2.93. The number of nitrogens with one attached hydrogen (secondary N) is 1. The second-order valence-corrected chi connectivity index (χ2v) is 10.4. The van der Waals surface area contributed by atoms with Crippen LogP contribution in [-0.4, -0.2) is 53.7 Å². The van der Waals surface area contributed by atoms with Gasteiger partial charge in [-0.3, -0.25) is 4.79 Å². The zero-order valence-corrected chi connectivity index (χ0v) is 20.0. The molecule has 1 aliphatic heterocycles. The number of sulfonamides is 1. The summed E-state index contributed by atoms with van der Waals surface area (Å²) < 4.78 is 35.1. The van der Waals surface area contributed by atoms with E-state index in [-0.39, 0.29) is 35.8 Å². The molecule has 0 radical (unpaired) electrons. The number of aromatic nitrogens is 2. The van der Waals surface area contributed by atoms with Gasteiger partial charge in [0.25, 0.3) is 5.91 Å². The van der Waals surface area contributed by atoms with E-state index in [0.717, 1.165) is 16.9 Å². The monoisotopic (exact) mass is 468 g/mol. The van der Waals surface area contributed by atoms with E-state index in [4.69, 9.17) is 4.74 Å². The lowest BCUT2D eigenvalue weighted by molar-refractivity contribution is -0.0440. The Balaban J connectivity index is 1.59. The Labute approximate surface area is 194 Å². The molecule has 3 aromatic rings. The fraction of sp³-hybridized carbons (Fsp3) is 0.333. The summed E-state index contributed by atoms with van der Waals surface area (Å²) in [7, 11) is -3.75. The molecule has 1 N–H and O–H groups in total. The van der Waals surface area contributed by atoms with Crippen molar-refractivity contribution in [1.82, 2.24) is 14.1 Å². The third-order valence-corrected chi connectivity index (χ3v) is 7.30. The molecule has 33 heavy (non-hydrogen) atoms. The van der Waals surface area contributed by atoms with Gasteiger partial charge in [-0.05, 0) is 58.0 Å². The summed E-state index contributed by atoms with van der Waals surface area (Å²) in [4.78, 5) is 13.1. The van der Waals surface area contributed by atoms with Gasteiger partial charge in [0.2, 0.25) is 10.0 Å². The number of anilines is 1. The van der Waals surface area contributed by atoms with E-state index in [0.29, 0.717) is 5.82 Å². The summed E-state index contributed by atoms with van der Waals surface area (Å²) >= 11 is 0. The largest absolute Gasteiger partial charge is 0.373 e. The van der Waals surface area contributed by atoms with Crippen LogP contribution < -0.4 is 5.32 Å². The molecule has 0 bridgehead atoms. The third kappa shape index (κ3) is 5.00. The van der Waals surface area contributed by atoms with E-state index in [1.807, 2.05) is 52.0 Å². The quantitative estimate of drug-likeness (QED) is 0.618. The van der Waals surface area contributed by atoms with E-state index < -0.39 is 15.9 Å². The summed E-state index contributed by atoms with van der Waals surface area (Å²) in [6.07, 6.45) is -0.388. The summed E-state index contributed by atoms with van der Waals surface area (Å²) in [5, 5.41) is 7.34. The number of rotatable bonds is 5. The minimum Gasteiger partial charge on any atom is -0.373 e. The van der Waals surface area contributed by atoms with Crippen molar-refractivity contribution in [3.8, 4) is 5.69 Å². The molecule has 1 aromatic heterocycles. The van der Waals surface area contributed by atoms with Gasteiger partial charge < -0.3 is 10.1 Å². The summed E-state index contributed by atoms with van der Waals surface area (Å²) in [6, 6.07) is 15.7. The van der Waals surface area contributed by atoms with Crippen molar-refractivity contribution in [2.75, 3.05) is 18.4 Å². The van der Waals surface area contributed by atoms with Gasteiger partial charge in [0.1, 0.15) is 5.82 Å². The molecule has 0 aliphatic carbocycles. The maximum Gasteiger partial charge on any atom is 0.256 e. The Hall–Kier alpha value is -3.01. The maximum absolute atomic E-state index is 13.2. The molecule has 2 unspecified atom stereocenters. The molecule has 1 saturated heterocycles. The van der Waals surface area contributed by atoms with Crippen LogP contribution in [0.15, 0.2) is 59.5 Å². The first kappa shape index (κ1) is 23.2. The zero-order chi connectivity index (χ0) is 23.8. The minimum absolute atomic E-state index is 0.0830. The highest BCUT2D eigenvalue weighted by molar-refractivity contribution is 7.89. The molecule has 0 saturated carbocycles. The Morgan fingerprint density at radius 3 is 2.36 bits per heavy atom. The Morgan fingerprint density at radius 1 is 1.03 bits per heavy atom. The van der Waals surface area contributed by atoms with Crippen LogP contribution >= 0.6 is 0 Å². The molecule has 2 atom stereocenters. The van der Waals surface area contributed by atoms with E-state index >= 15 is 0 Å². The number of nitrogens with zero attached hydrogens (tertiary/aromatic N) is 3. The average Bonchev–Trinajstić information content (AvgIpc) is 3.13. The number of benzene rings is 2. The number of hydrogen-bond donors (Lipinski definition) is 1. The molecular formula is C24H28N4O4S. The van der Waals surface area contributed by atoms with Crippen LogP contribution in [-0.2, 0) is 14.8 Å². The number of aryl methyl sites for hydroxylation is 2. The summed E-state index contributed by atoms with van der Waals surface area (Å²) in [6.45, 7) is 8.09. The predicted octanol–water partition coefficient (Wildman–Crippen LogP) is 3.54. The van der Waals surface area contributed by atoms with Crippen molar-refractivity contribution in [3.63, 3.8) is 0 Å². The minimum atomic E-state index is -3.75. The smallest absolute Gasteiger partial charge is 0.256 e. The third-order valence-electron chi connectivity index (χ3n) is 5.47. The molecule has 4 rings (SSSR count). The second kappa shape index (κ2) is 9.09. The fourth-order valence-corrected chi connectivity index (χ4v) is 5.57. The fourth-order valence-electron chi connectivity index (χ4n) is 3.93. The van der Waals surface area contributed by atoms with Crippen molar-refractivity contribution < 1.29 is 17.9 Å². The average molecular weight is 469 g/mol. The van der Waals surface area contributed by atoms with Gasteiger partial charge in [0.15, 0.2) is 0 Å². The molecule has 9 heteroatoms. The normalized spacial score (nSPS) is 19.4. The van der Waals surface area contributed by atoms with Crippen molar-refractivity contribution >= 4 is 21.7 Å². The zero-order valence-electron chi connectivity index (χ0n) is 19.1. The van der Waals surface area contributed by atoms with E-state index in [9.17, 15) is 13.2 Å². The van der Waals surface area contributed by atoms with Gasteiger partial charge in [0, 0.05) is 24.7 Å². The van der Waals surface area contributed by atoms with Gasteiger partial charge in [-0.25, -0.2) is 13.1 Å². The number of carbonyl (C=O) groups excluding carboxylic acids is 1. The Bertz CT molecular complexity index is 1260. The number of carbonyl (C=O) groups is 1. The van der Waals surface area contributed by atoms with E-state index in [1.54, 1.807) is 22.9 Å². The SMILES string of the molecule is Cc1ccc(-n2nc(C)cc2NC(=O)c2cccc(S(=O)(=O)N3CC(C)OC(C)C3)c2)cc1. The van der Waals surface area contributed by atoms with Crippen LogP contribution in [0, 0.1) is 13.8 Å². The molecule has 2 heterocycles. The van der Waals surface area contributed by atoms with Crippen molar-refractivity contribution in [2.24, 2.45) is 0 Å². The van der Waals surface area contributed by atoms with E-state index in [2.05, 4.69) is 10.4 Å². The molecule has 0 spiro atoms. The Morgan fingerprint density at radius 2 is 1.70 bits per heavy atom. The first-order valence-corrected chi connectivity index (χ1v) is 12.3. The van der Waals surface area contributed by atoms with Gasteiger partial charge in [-0.15, -0.1) is 0 Å². The molecular weight excluding hydrogens is 440 g/mol. The van der Waals surface area contributed by atoms with Crippen molar-refractivity contribution in [3.05, 3.63) is 71.4 Å². The van der Waals surface area contributed by atoms with Gasteiger partial charge in [-0.2, -0.15) is 9.40 Å². The van der Waals surface area contributed by atoms with Crippen LogP contribution in [0.3, 0.4) is 0 Å².